The van der Waals surface area contributed by atoms with Crippen LogP contribution in [0.3, 0.4) is 0 Å². The first kappa shape index (κ1) is 22.8. The number of hydrogen-bond acceptors (Lipinski definition) is 6. The number of urea groups is 2. The third-order valence-corrected chi connectivity index (χ3v) is 6.51. The van der Waals surface area contributed by atoms with Crippen LogP contribution in [0.1, 0.15) is 37.8 Å². The molecule has 8 amide bonds. The number of benzene rings is 2. The number of imide groups is 4. The normalized spacial score (nSPS) is 25.4. The van der Waals surface area contributed by atoms with Crippen molar-refractivity contribution in [3.05, 3.63) is 71.8 Å². The minimum Gasteiger partial charge on any atom is -0.275 e. The van der Waals surface area contributed by atoms with E-state index in [0.29, 0.717) is 21.1 Å². The Morgan fingerprint density at radius 1 is 0.588 bits per heavy atom. The lowest BCUT2D eigenvalue weighted by atomic mass is 9.74. The molecule has 2 atom stereocenters. The number of barbiturate groups is 2. The van der Waals surface area contributed by atoms with E-state index in [1.54, 1.807) is 74.5 Å². The minimum absolute atomic E-state index is 0.0500. The van der Waals surface area contributed by atoms with E-state index in [4.69, 9.17) is 0 Å². The van der Waals surface area contributed by atoms with Crippen LogP contribution in [0.4, 0.5) is 9.59 Å². The van der Waals surface area contributed by atoms with Gasteiger partial charge in [-0.1, -0.05) is 74.5 Å². The maximum atomic E-state index is 13.8. The van der Waals surface area contributed by atoms with Crippen molar-refractivity contribution in [3.8, 4) is 0 Å². The molecule has 2 aromatic carbocycles. The largest absolute Gasteiger partial charge is 0.350 e. The van der Waals surface area contributed by atoms with Gasteiger partial charge >= 0.3 is 12.1 Å². The maximum absolute atomic E-state index is 13.8. The summed E-state index contributed by atoms with van der Waals surface area (Å²) in [6.07, 6.45) is -0.0999. The molecule has 0 saturated carbocycles. The second kappa shape index (κ2) is 8.22. The molecule has 34 heavy (non-hydrogen) atoms. The molecule has 2 heterocycles. The highest BCUT2D eigenvalue weighted by molar-refractivity contribution is 6.28. The lowest BCUT2D eigenvalue weighted by Gasteiger charge is -2.46. The molecule has 2 aliphatic heterocycles. The molecule has 1 unspecified atom stereocenters. The molecule has 0 radical (unpaired) electrons. The quantitative estimate of drug-likeness (QED) is 0.651. The lowest BCUT2D eigenvalue weighted by molar-refractivity contribution is -0.168. The van der Waals surface area contributed by atoms with Crippen molar-refractivity contribution in [2.75, 3.05) is 0 Å². The van der Waals surface area contributed by atoms with E-state index < -0.39 is 46.5 Å². The van der Waals surface area contributed by atoms with Gasteiger partial charge in [0.15, 0.2) is 10.8 Å². The molecule has 4 rings (SSSR count). The third-order valence-electron chi connectivity index (χ3n) is 6.51. The average molecular weight is 462 g/mol. The van der Waals surface area contributed by atoms with E-state index in [1.165, 1.54) is 0 Å². The summed E-state index contributed by atoms with van der Waals surface area (Å²) in [5.41, 5.74) is -3.14. The van der Waals surface area contributed by atoms with Crippen molar-refractivity contribution in [1.29, 1.82) is 0 Å². The van der Waals surface area contributed by atoms with Gasteiger partial charge < -0.3 is 0 Å². The monoisotopic (exact) mass is 462 g/mol. The highest BCUT2D eigenvalue weighted by atomic mass is 16.3. The number of carbonyl (C=O) groups is 6. The Morgan fingerprint density at radius 2 is 0.912 bits per heavy atom. The number of amides is 8. The van der Waals surface area contributed by atoms with Gasteiger partial charge in [-0.05, 0) is 24.0 Å². The molecule has 0 aromatic heterocycles. The van der Waals surface area contributed by atoms with Crippen LogP contribution in [0.15, 0.2) is 60.7 Å². The Kier molecular flexibility index (Phi) is 5.52. The summed E-state index contributed by atoms with van der Waals surface area (Å²) in [7, 11) is 0. The molecule has 2 N–H and O–H groups in total. The first-order valence-corrected chi connectivity index (χ1v) is 10.8. The van der Waals surface area contributed by atoms with Gasteiger partial charge in [-0.25, -0.2) is 9.59 Å². The van der Waals surface area contributed by atoms with Crippen molar-refractivity contribution in [1.82, 2.24) is 20.7 Å². The van der Waals surface area contributed by atoms with Crippen LogP contribution in [-0.2, 0) is 30.0 Å². The molecule has 2 saturated heterocycles. The molecule has 10 nitrogen and oxygen atoms in total. The van der Waals surface area contributed by atoms with Gasteiger partial charge in [0.2, 0.25) is 11.8 Å². The maximum Gasteiger partial charge on any atom is 0.350 e. The van der Waals surface area contributed by atoms with Crippen LogP contribution >= 0.6 is 0 Å². The summed E-state index contributed by atoms with van der Waals surface area (Å²) in [6, 6.07) is 13.6. The Hall–Kier alpha value is -4.34. The second-order valence-corrected chi connectivity index (χ2v) is 8.00. The first-order chi connectivity index (χ1) is 16.3. The van der Waals surface area contributed by atoms with Gasteiger partial charge in [-0.15, -0.1) is 0 Å². The summed E-state index contributed by atoms with van der Waals surface area (Å²) in [6.45, 7) is 3.17. The van der Waals surface area contributed by atoms with E-state index in [1.807, 2.05) is 0 Å². The molecule has 174 valence electrons. The van der Waals surface area contributed by atoms with E-state index in [-0.39, 0.29) is 12.8 Å². The van der Waals surface area contributed by atoms with Gasteiger partial charge in [0.05, 0.1) is 0 Å². The minimum atomic E-state index is -1.86. The van der Waals surface area contributed by atoms with Crippen LogP contribution in [-0.4, -0.2) is 45.7 Å². The Balaban J connectivity index is 1.87. The highest BCUT2D eigenvalue weighted by Crippen LogP contribution is 2.38. The average Bonchev–Trinajstić information content (AvgIpc) is 2.83. The Morgan fingerprint density at radius 3 is 1.21 bits per heavy atom. The topological polar surface area (TPSA) is 133 Å². The number of nitrogens with zero attached hydrogens (tertiary/aromatic N) is 2. The molecular formula is C24H22N4O6. The molecular weight excluding hydrogens is 440 g/mol. The van der Waals surface area contributed by atoms with Crippen LogP contribution in [0.2, 0.25) is 0 Å². The van der Waals surface area contributed by atoms with Crippen molar-refractivity contribution in [2.24, 2.45) is 0 Å². The van der Waals surface area contributed by atoms with E-state index in [0.717, 1.165) is 0 Å². The fourth-order valence-corrected chi connectivity index (χ4v) is 4.60. The molecule has 0 aliphatic carbocycles. The number of rotatable bonds is 5. The molecule has 10 heteroatoms. The van der Waals surface area contributed by atoms with Crippen molar-refractivity contribution >= 4 is 35.7 Å². The zero-order valence-corrected chi connectivity index (χ0v) is 18.5. The fourth-order valence-electron chi connectivity index (χ4n) is 4.60. The number of hydrazine groups is 1. The zero-order valence-electron chi connectivity index (χ0n) is 18.5. The SMILES string of the molecule is CCC1(c2ccccc2)C(=O)NC(=O)N(N2C(=O)NC(=O)[C@@](CC)(c3ccccc3)C2=O)C1=O. The fraction of sp³-hybridized carbons (Fsp3) is 0.250. The number of carbonyl (C=O) groups excluding carboxylic acids is 6. The Bertz CT molecular complexity index is 1120. The van der Waals surface area contributed by atoms with Crippen molar-refractivity contribution in [3.63, 3.8) is 0 Å². The van der Waals surface area contributed by atoms with Gasteiger partial charge in [0, 0.05) is 0 Å². The van der Waals surface area contributed by atoms with E-state index in [9.17, 15) is 28.8 Å². The number of nitrogens with one attached hydrogen (secondary N) is 2. The molecule has 2 fully saturated rings. The van der Waals surface area contributed by atoms with E-state index >= 15 is 0 Å². The summed E-state index contributed by atoms with van der Waals surface area (Å²) in [5.74, 6) is -3.85. The second-order valence-electron chi connectivity index (χ2n) is 8.00. The molecule has 0 spiro atoms. The predicted octanol–water partition coefficient (Wildman–Crippen LogP) is 1.75. The predicted molar refractivity (Wildman–Crippen MR) is 118 cm³/mol. The first-order valence-electron chi connectivity index (χ1n) is 10.8. The smallest absolute Gasteiger partial charge is 0.275 e. The van der Waals surface area contributed by atoms with Crippen LogP contribution in [0, 0.1) is 0 Å². The standard InChI is InChI=1S/C24H22N4O6/c1-3-23(15-11-7-5-8-12-15)17(29)25-21(33)27(19(23)31)28-20(32)24(4-2,18(30)26-22(28)34)16-13-9-6-10-14-16/h5-14H,3-4H2,1-2H3,(H,25,29,33)(H,26,30,34)/t23-,24?/m1/s1. The van der Waals surface area contributed by atoms with Gasteiger partial charge in [0.1, 0.15) is 0 Å². The lowest BCUT2D eigenvalue weighted by Crippen LogP contribution is -2.76. The van der Waals surface area contributed by atoms with Crippen molar-refractivity contribution < 1.29 is 28.8 Å². The van der Waals surface area contributed by atoms with Gasteiger partial charge in [0.25, 0.3) is 11.8 Å². The van der Waals surface area contributed by atoms with Crippen LogP contribution in [0.5, 0.6) is 0 Å². The van der Waals surface area contributed by atoms with E-state index in [2.05, 4.69) is 10.6 Å². The van der Waals surface area contributed by atoms with Crippen LogP contribution in [0.25, 0.3) is 0 Å². The number of hydrogen-bond donors (Lipinski definition) is 2. The van der Waals surface area contributed by atoms with Gasteiger partial charge in [-0.2, -0.15) is 10.0 Å². The summed E-state index contributed by atoms with van der Waals surface area (Å²) in [4.78, 5) is 79.3. The Labute approximate surface area is 194 Å². The third kappa shape index (κ3) is 2.95. The van der Waals surface area contributed by atoms with Crippen molar-refractivity contribution in [2.45, 2.75) is 37.5 Å². The highest BCUT2D eigenvalue weighted by Gasteiger charge is 2.62. The zero-order chi connectivity index (χ0) is 24.7. The molecule has 2 aromatic rings. The van der Waals surface area contributed by atoms with Crippen LogP contribution < -0.4 is 10.6 Å². The summed E-state index contributed by atoms with van der Waals surface area (Å²) in [5, 5.41) is 4.86. The molecule has 0 bridgehead atoms. The van der Waals surface area contributed by atoms with Gasteiger partial charge in [-0.3, -0.25) is 29.8 Å². The summed E-state index contributed by atoms with van der Waals surface area (Å²) >= 11 is 0. The summed E-state index contributed by atoms with van der Waals surface area (Å²) < 4.78 is 0. The molecule has 2 aliphatic rings.